The van der Waals surface area contributed by atoms with Crippen LogP contribution >= 0.6 is 23.5 Å². The van der Waals surface area contributed by atoms with Crippen molar-refractivity contribution in [3.63, 3.8) is 0 Å². The zero-order chi connectivity index (χ0) is 61.3. The third-order valence-electron chi connectivity index (χ3n) is 17.6. The molecule has 0 aromatic rings. The number of fused-ring (bicyclic) bond motifs is 5. The lowest BCUT2D eigenvalue weighted by molar-refractivity contribution is -0.121. The van der Waals surface area contributed by atoms with Gasteiger partial charge in [-0.05, 0) is 117 Å². The van der Waals surface area contributed by atoms with Gasteiger partial charge in [-0.15, -0.1) is 0 Å². The van der Waals surface area contributed by atoms with Gasteiger partial charge in [0.05, 0.1) is 72.7 Å². The molecule has 6 N–H and O–H groups in total. The van der Waals surface area contributed by atoms with Crippen molar-refractivity contribution in [1.82, 2.24) is 10.6 Å². The molecule has 0 aliphatic heterocycles. The maximum absolute atomic E-state index is 12.8. The molecule has 0 aromatic carbocycles. The van der Waals surface area contributed by atoms with Crippen molar-refractivity contribution in [1.29, 1.82) is 0 Å². The van der Waals surface area contributed by atoms with E-state index in [1.54, 1.807) is 0 Å². The van der Waals surface area contributed by atoms with E-state index in [0.29, 0.717) is 77.2 Å². The molecule has 26 heteroatoms. The fourth-order valence-corrected chi connectivity index (χ4v) is 14.9. The predicted molar refractivity (Wildman–Crippen MR) is 317 cm³/mol. The maximum Gasteiger partial charge on any atom is 0.474 e. The summed E-state index contributed by atoms with van der Waals surface area (Å²) in [4.78, 5) is 53.7. The van der Waals surface area contributed by atoms with E-state index in [4.69, 9.17) is 42.0 Å². The Morgan fingerprint density at radius 3 is 1.85 bits per heavy atom. The Labute approximate surface area is 501 Å². The molecule has 12 atom stereocenters. The number of hydrogen-bond donors (Lipinski definition) is 6. The molecular formula is C58H109N2O21P3. The monoisotopic (exact) mass is 1260 g/mol. The third-order valence-corrected chi connectivity index (χ3v) is 20.4. The summed E-state index contributed by atoms with van der Waals surface area (Å²) in [5.41, 5.74) is 2.22. The van der Waals surface area contributed by atoms with Crippen LogP contribution in [0.4, 0.5) is 4.79 Å². The molecule has 0 bridgehead atoms. The van der Waals surface area contributed by atoms with Crippen LogP contribution in [0.3, 0.4) is 0 Å². The summed E-state index contributed by atoms with van der Waals surface area (Å²) >= 11 is 0. The first-order valence-corrected chi connectivity index (χ1v) is 35.8. The summed E-state index contributed by atoms with van der Waals surface area (Å²) in [6.07, 6.45) is 23.4. The molecule has 0 radical (unpaired) electrons. The Hall–Kier alpha value is -1.43. The average Bonchev–Trinajstić information content (AvgIpc) is 2.18. The third kappa shape index (κ3) is 29.0. The van der Waals surface area contributed by atoms with Crippen molar-refractivity contribution in [2.24, 2.45) is 46.3 Å². The second-order valence-corrected chi connectivity index (χ2v) is 28.7. The number of unbranched alkanes of at least 4 members (excludes halogenated alkanes) is 7. The predicted octanol–water partition coefficient (Wildman–Crippen LogP) is 11.0. The van der Waals surface area contributed by atoms with Gasteiger partial charge in [-0.2, -0.15) is 0 Å². The molecule has 84 heavy (non-hydrogen) atoms. The topological polar surface area (TPSA) is 301 Å². The first kappa shape index (κ1) is 75.0. The number of carbonyl (C=O) groups excluding carboxylic acids is 2. The SMILES string of the molecule is COP(=O)(O)OCCCCCCCCCCC(=O)NCCCOCC(O)COP(=O)(O)OCOP(=O)(O)OCCOCCOCCOCCOCCCNC(=O)O[C@H]1CC[C@@]2(C)C(=CCC3[C@@H]4CC[C@H]([C@H](C)CCCC(C)C)[C@@]4(C)CC[C@@H]32)C1. The summed E-state index contributed by atoms with van der Waals surface area (Å²) in [7, 11) is -12.2. The highest BCUT2D eigenvalue weighted by Crippen LogP contribution is 2.67. The Bertz CT molecular complexity index is 2030. The zero-order valence-corrected chi connectivity index (χ0v) is 54.3. The second kappa shape index (κ2) is 40.3. The zero-order valence-electron chi connectivity index (χ0n) is 51.6. The summed E-state index contributed by atoms with van der Waals surface area (Å²) in [5, 5.41) is 15.8. The molecule has 23 nitrogen and oxygen atoms in total. The normalized spacial score (nSPS) is 26.0. The maximum atomic E-state index is 12.8. The van der Waals surface area contributed by atoms with E-state index in [9.17, 15) is 43.1 Å². The molecule has 2 amide bonds. The van der Waals surface area contributed by atoms with Gasteiger partial charge in [-0.25, -0.2) is 18.5 Å². The van der Waals surface area contributed by atoms with E-state index in [-0.39, 0.29) is 69.8 Å². The first-order chi connectivity index (χ1) is 40.1. The van der Waals surface area contributed by atoms with Crippen LogP contribution in [0.5, 0.6) is 0 Å². The Kier molecular flexibility index (Phi) is 36.0. The van der Waals surface area contributed by atoms with Crippen molar-refractivity contribution in [2.75, 3.05) is 113 Å². The lowest BCUT2D eigenvalue weighted by Crippen LogP contribution is -2.51. The lowest BCUT2D eigenvalue weighted by Gasteiger charge is -2.58. The van der Waals surface area contributed by atoms with Gasteiger partial charge in [0, 0.05) is 46.3 Å². The molecule has 4 aliphatic rings. The van der Waals surface area contributed by atoms with Crippen LogP contribution in [0.15, 0.2) is 11.6 Å². The van der Waals surface area contributed by atoms with Crippen LogP contribution in [-0.2, 0) is 74.1 Å². The van der Waals surface area contributed by atoms with Crippen LogP contribution in [-0.4, -0.2) is 157 Å². The van der Waals surface area contributed by atoms with Crippen LogP contribution in [0.1, 0.15) is 176 Å². The van der Waals surface area contributed by atoms with E-state index < -0.39 is 43.0 Å². The second-order valence-electron chi connectivity index (χ2n) is 24.2. The molecule has 5 unspecified atom stereocenters. The molecule has 0 saturated heterocycles. The highest BCUT2D eigenvalue weighted by Gasteiger charge is 2.59. The van der Waals surface area contributed by atoms with Crippen LogP contribution in [0.25, 0.3) is 0 Å². The quantitative estimate of drug-likeness (QED) is 0.0143. The lowest BCUT2D eigenvalue weighted by atomic mass is 9.47. The van der Waals surface area contributed by atoms with Crippen molar-refractivity contribution < 1.29 is 98.6 Å². The molecule has 492 valence electrons. The van der Waals surface area contributed by atoms with Gasteiger partial charge in [0.25, 0.3) is 0 Å². The fraction of sp³-hybridized carbons (Fsp3) is 0.931. The average molecular weight is 1260 g/mol. The number of alkyl carbamates (subject to hydrolysis) is 1. The minimum absolute atomic E-state index is 0.0641. The largest absolute Gasteiger partial charge is 0.474 e. The Morgan fingerprint density at radius 1 is 0.607 bits per heavy atom. The number of aliphatic hydroxyl groups excluding tert-OH is 1. The number of phosphoric acid groups is 3. The number of nitrogens with one attached hydrogen (secondary N) is 2. The van der Waals surface area contributed by atoms with Gasteiger partial charge in [-0.3, -0.25) is 31.9 Å². The number of ether oxygens (including phenoxy) is 6. The highest BCUT2D eigenvalue weighted by molar-refractivity contribution is 7.48. The fourth-order valence-electron chi connectivity index (χ4n) is 13.1. The standard InChI is InChI=1S/C58H109N2O21P3/c1-46(2)18-15-19-47(3)52-23-24-53-51-22-21-48-42-50(25-27-57(48,4)54(51)26-28-58(52,53)5)81-56(63)60-30-17-31-71-34-35-72-36-37-73-38-39-74-40-41-77-83(66,67)79-45-80-84(68,69)78-44-49(61)43-75-32-16-29-59-55(62)20-13-11-9-7-8-10-12-14-33-76-82(64,65)70-6/h21,46-47,49-54,61H,7-20,22-45H2,1-6H3,(H,59,62)(H,60,63)(H,64,65)(H,66,67)(H,68,69)/t47-,49?,50+,51?,52-,53+,54+,57+,58-/m1/s1. The van der Waals surface area contributed by atoms with Crippen molar-refractivity contribution in [2.45, 2.75) is 188 Å². The van der Waals surface area contributed by atoms with Crippen molar-refractivity contribution >= 4 is 35.5 Å². The number of amides is 2. The van der Waals surface area contributed by atoms with Crippen LogP contribution in [0.2, 0.25) is 0 Å². The van der Waals surface area contributed by atoms with E-state index in [2.05, 4.69) is 64.9 Å². The summed E-state index contributed by atoms with van der Waals surface area (Å²) in [6, 6.07) is 0. The molecule has 0 heterocycles. The molecule has 3 fully saturated rings. The molecule has 0 aromatic heterocycles. The van der Waals surface area contributed by atoms with Crippen molar-refractivity contribution in [3.05, 3.63) is 11.6 Å². The minimum atomic E-state index is -4.78. The number of rotatable bonds is 49. The first-order valence-electron chi connectivity index (χ1n) is 31.3. The van der Waals surface area contributed by atoms with Crippen LogP contribution < -0.4 is 10.6 Å². The number of allylic oxidation sites excluding steroid dienone is 1. The van der Waals surface area contributed by atoms with Crippen molar-refractivity contribution in [3.8, 4) is 0 Å². The summed E-state index contributed by atoms with van der Waals surface area (Å²) < 4.78 is 96.4. The van der Waals surface area contributed by atoms with Gasteiger partial charge in [0.1, 0.15) is 12.2 Å². The van der Waals surface area contributed by atoms with E-state index in [1.807, 2.05) is 0 Å². The van der Waals surface area contributed by atoms with Gasteiger partial charge < -0.3 is 58.8 Å². The van der Waals surface area contributed by atoms with Gasteiger partial charge >= 0.3 is 29.6 Å². The molecule has 4 rings (SSSR count). The Morgan fingerprint density at radius 2 is 1.19 bits per heavy atom. The van der Waals surface area contributed by atoms with E-state index in [1.165, 1.54) is 56.9 Å². The Balaban J connectivity index is 0.876. The minimum Gasteiger partial charge on any atom is -0.446 e. The summed E-state index contributed by atoms with van der Waals surface area (Å²) in [6.45, 7) is 13.6. The van der Waals surface area contributed by atoms with Gasteiger partial charge in [0.15, 0.2) is 6.79 Å². The number of hydrogen-bond acceptors (Lipinski definition) is 18. The van der Waals surface area contributed by atoms with Gasteiger partial charge in [-0.1, -0.05) is 104 Å². The molecule has 3 saturated carbocycles. The number of carbonyl (C=O) groups is 2. The molecule has 4 aliphatic carbocycles. The van der Waals surface area contributed by atoms with Crippen LogP contribution in [0, 0.1) is 46.3 Å². The van der Waals surface area contributed by atoms with E-state index >= 15 is 0 Å². The smallest absolute Gasteiger partial charge is 0.446 e. The van der Waals surface area contributed by atoms with E-state index in [0.717, 1.165) is 107 Å². The molecule has 0 spiro atoms. The summed E-state index contributed by atoms with van der Waals surface area (Å²) in [5.74, 6) is 4.75. The molecular weight excluding hydrogens is 1150 g/mol. The highest BCUT2D eigenvalue weighted by atomic mass is 31.2. The van der Waals surface area contributed by atoms with Gasteiger partial charge in [0.2, 0.25) is 5.91 Å². The number of aliphatic hydroxyl groups is 1. The number of phosphoric ester groups is 3.